The first-order chi connectivity index (χ1) is 14.1. The van der Waals surface area contributed by atoms with Crippen molar-refractivity contribution in [3.63, 3.8) is 0 Å². The third kappa shape index (κ3) is 4.54. The lowest BCUT2D eigenvalue weighted by Gasteiger charge is -2.18. The minimum atomic E-state index is -4.63. The Morgan fingerprint density at radius 1 is 1.13 bits per heavy atom. The van der Waals surface area contributed by atoms with Crippen molar-refractivity contribution in [1.82, 2.24) is 15.1 Å². The van der Waals surface area contributed by atoms with E-state index in [1.165, 1.54) is 25.1 Å². The number of para-hydroxylation sites is 1. The van der Waals surface area contributed by atoms with Crippen LogP contribution in [0.2, 0.25) is 5.02 Å². The molecule has 9 heteroatoms. The highest BCUT2D eigenvalue weighted by molar-refractivity contribution is 6.30. The van der Waals surface area contributed by atoms with Gasteiger partial charge in [0.05, 0.1) is 17.3 Å². The number of halogens is 4. The Hall–Kier alpha value is -3.13. The van der Waals surface area contributed by atoms with Gasteiger partial charge >= 0.3 is 6.18 Å². The van der Waals surface area contributed by atoms with Gasteiger partial charge in [-0.1, -0.05) is 35.9 Å². The Labute approximate surface area is 175 Å². The number of benzene rings is 2. The Bertz CT molecular complexity index is 1160. The molecule has 1 N–H and O–H groups in total. The molecule has 1 atom stereocenters. The van der Waals surface area contributed by atoms with E-state index in [0.29, 0.717) is 10.6 Å². The van der Waals surface area contributed by atoms with Crippen molar-refractivity contribution < 1.29 is 18.0 Å². The second-order valence-electron chi connectivity index (χ2n) is 6.68. The maximum Gasteiger partial charge on any atom is 0.418 e. The molecule has 1 amide bonds. The first-order valence-electron chi connectivity index (χ1n) is 8.92. The van der Waals surface area contributed by atoms with E-state index in [0.717, 1.165) is 16.8 Å². The molecule has 1 heterocycles. The third-order valence-corrected chi connectivity index (χ3v) is 4.69. The van der Waals surface area contributed by atoms with Crippen molar-refractivity contribution in [2.24, 2.45) is 0 Å². The van der Waals surface area contributed by atoms with E-state index in [9.17, 15) is 22.8 Å². The van der Waals surface area contributed by atoms with Crippen LogP contribution < -0.4 is 10.7 Å². The van der Waals surface area contributed by atoms with Gasteiger partial charge in [-0.15, -0.1) is 0 Å². The van der Waals surface area contributed by atoms with E-state index in [2.05, 4.69) is 10.4 Å². The Kier molecular flexibility index (Phi) is 5.98. The number of carbonyl (C=O) groups excluding carboxylic acids is 1. The van der Waals surface area contributed by atoms with Crippen LogP contribution in [-0.4, -0.2) is 15.7 Å². The predicted molar refractivity (Wildman–Crippen MR) is 107 cm³/mol. The third-order valence-electron chi connectivity index (χ3n) is 4.46. The number of aryl methyl sites for hydroxylation is 1. The fraction of sp³-hybridized carbons (Fsp3) is 0.190. The molecule has 0 saturated carbocycles. The highest BCUT2D eigenvalue weighted by atomic mass is 35.5. The van der Waals surface area contributed by atoms with Gasteiger partial charge in [-0.25, -0.2) is 4.68 Å². The first kappa shape index (κ1) is 21.6. The van der Waals surface area contributed by atoms with Gasteiger partial charge in [-0.05, 0) is 43.7 Å². The number of alkyl halides is 3. The molecule has 0 aliphatic carbocycles. The molecule has 2 aromatic carbocycles. The minimum Gasteiger partial charge on any atom is -0.344 e. The van der Waals surface area contributed by atoms with Crippen LogP contribution in [0.15, 0.2) is 59.4 Å². The molecule has 0 bridgehead atoms. The average Bonchev–Trinajstić information content (AvgIpc) is 2.67. The highest BCUT2D eigenvalue weighted by Gasteiger charge is 2.34. The SMILES string of the molecule is Cc1cc(=O)c(C(=O)NC(C)c2cccc(Cl)c2)nn1-c1ccccc1C(F)(F)F. The summed E-state index contributed by atoms with van der Waals surface area (Å²) in [5.41, 5.74) is -1.54. The van der Waals surface area contributed by atoms with E-state index < -0.39 is 34.8 Å². The summed E-state index contributed by atoms with van der Waals surface area (Å²) in [6.45, 7) is 3.13. The lowest BCUT2D eigenvalue weighted by molar-refractivity contribution is -0.137. The molecule has 1 aromatic heterocycles. The summed E-state index contributed by atoms with van der Waals surface area (Å²) in [7, 11) is 0. The predicted octanol–water partition coefficient (Wildman–Crippen LogP) is 4.70. The van der Waals surface area contributed by atoms with Crippen molar-refractivity contribution >= 4 is 17.5 Å². The molecule has 0 radical (unpaired) electrons. The van der Waals surface area contributed by atoms with Crippen LogP contribution in [0, 0.1) is 6.92 Å². The van der Waals surface area contributed by atoms with E-state index >= 15 is 0 Å². The number of aromatic nitrogens is 2. The summed E-state index contributed by atoms with van der Waals surface area (Å²) in [5.74, 6) is -0.800. The molecule has 5 nitrogen and oxygen atoms in total. The topological polar surface area (TPSA) is 64.0 Å². The fourth-order valence-electron chi connectivity index (χ4n) is 2.97. The molecular formula is C21H17ClF3N3O2. The van der Waals surface area contributed by atoms with Crippen LogP contribution in [0.4, 0.5) is 13.2 Å². The van der Waals surface area contributed by atoms with Crippen molar-refractivity contribution in [1.29, 1.82) is 0 Å². The van der Waals surface area contributed by atoms with E-state index in [-0.39, 0.29) is 11.4 Å². The van der Waals surface area contributed by atoms with Crippen LogP contribution in [0.5, 0.6) is 0 Å². The molecule has 156 valence electrons. The van der Waals surface area contributed by atoms with Gasteiger partial charge in [0.2, 0.25) is 5.43 Å². The minimum absolute atomic E-state index is 0.163. The highest BCUT2D eigenvalue weighted by Crippen LogP contribution is 2.33. The molecule has 30 heavy (non-hydrogen) atoms. The number of hydrogen-bond acceptors (Lipinski definition) is 3. The average molecular weight is 436 g/mol. The zero-order valence-corrected chi connectivity index (χ0v) is 16.8. The summed E-state index contributed by atoms with van der Waals surface area (Å²) in [4.78, 5) is 25.0. The molecule has 0 saturated heterocycles. The molecule has 3 aromatic rings. The van der Waals surface area contributed by atoms with Gasteiger partial charge in [0.25, 0.3) is 5.91 Å². The molecule has 0 aliphatic heterocycles. The number of carbonyl (C=O) groups is 1. The van der Waals surface area contributed by atoms with Crippen LogP contribution >= 0.6 is 11.6 Å². The van der Waals surface area contributed by atoms with Crippen LogP contribution in [0.1, 0.15) is 40.3 Å². The normalized spacial score (nSPS) is 12.5. The van der Waals surface area contributed by atoms with E-state index in [1.807, 2.05) is 0 Å². The van der Waals surface area contributed by atoms with Crippen LogP contribution in [0.25, 0.3) is 5.69 Å². The van der Waals surface area contributed by atoms with Crippen molar-refractivity contribution in [2.45, 2.75) is 26.1 Å². The van der Waals surface area contributed by atoms with Crippen molar-refractivity contribution in [3.05, 3.63) is 92.4 Å². The summed E-state index contributed by atoms with van der Waals surface area (Å²) < 4.78 is 41.2. The molecule has 1 unspecified atom stereocenters. The number of nitrogens with one attached hydrogen (secondary N) is 1. The first-order valence-corrected chi connectivity index (χ1v) is 9.29. The summed E-state index contributed by atoms with van der Waals surface area (Å²) in [6, 6.07) is 12.2. The zero-order chi connectivity index (χ0) is 22.1. The summed E-state index contributed by atoms with van der Waals surface area (Å²) >= 11 is 5.96. The summed E-state index contributed by atoms with van der Waals surface area (Å²) in [5, 5.41) is 7.05. The molecule has 3 rings (SSSR count). The molecular weight excluding hydrogens is 419 g/mol. The number of nitrogens with zero attached hydrogens (tertiary/aromatic N) is 2. The maximum atomic E-state index is 13.4. The van der Waals surface area contributed by atoms with Gasteiger partial charge in [-0.2, -0.15) is 18.3 Å². The standard InChI is InChI=1S/C21H17ClF3N3O2/c1-12-10-18(29)19(20(30)26-13(2)14-6-5-7-15(22)11-14)27-28(12)17-9-4-3-8-16(17)21(23,24)25/h3-11,13H,1-2H3,(H,26,30). The van der Waals surface area contributed by atoms with Crippen molar-refractivity contribution in [3.8, 4) is 5.69 Å². The summed E-state index contributed by atoms with van der Waals surface area (Å²) in [6.07, 6.45) is -4.63. The van der Waals surface area contributed by atoms with Gasteiger partial charge < -0.3 is 5.32 Å². The maximum absolute atomic E-state index is 13.4. The monoisotopic (exact) mass is 435 g/mol. The Morgan fingerprint density at radius 3 is 2.50 bits per heavy atom. The fourth-order valence-corrected chi connectivity index (χ4v) is 3.17. The lowest BCUT2D eigenvalue weighted by atomic mass is 10.1. The van der Waals surface area contributed by atoms with Crippen molar-refractivity contribution in [2.75, 3.05) is 0 Å². The van der Waals surface area contributed by atoms with Gasteiger partial charge in [0.1, 0.15) is 0 Å². The van der Waals surface area contributed by atoms with E-state index in [1.54, 1.807) is 31.2 Å². The molecule has 0 fully saturated rings. The zero-order valence-electron chi connectivity index (χ0n) is 16.0. The van der Waals surface area contributed by atoms with Gasteiger partial charge in [-0.3, -0.25) is 9.59 Å². The quantitative estimate of drug-likeness (QED) is 0.645. The molecule has 0 aliphatic rings. The number of amides is 1. The van der Waals surface area contributed by atoms with Gasteiger partial charge in [0, 0.05) is 16.8 Å². The smallest absolute Gasteiger partial charge is 0.344 e. The van der Waals surface area contributed by atoms with Crippen LogP contribution in [0.3, 0.4) is 0 Å². The number of rotatable bonds is 4. The Morgan fingerprint density at radius 2 is 1.83 bits per heavy atom. The Balaban J connectivity index is 2.00. The lowest BCUT2D eigenvalue weighted by Crippen LogP contribution is -2.33. The van der Waals surface area contributed by atoms with Gasteiger partial charge in [0.15, 0.2) is 5.69 Å². The largest absolute Gasteiger partial charge is 0.418 e. The van der Waals surface area contributed by atoms with E-state index in [4.69, 9.17) is 11.6 Å². The van der Waals surface area contributed by atoms with Crippen LogP contribution in [-0.2, 0) is 6.18 Å². The molecule has 0 spiro atoms. The second kappa shape index (κ2) is 8.31. The number of hydrogen-bond donors (Lipinski definition) is 1. The second-order valence-corrected chi connectivity index (χ2v) is 7.11.